The van der Waals surface area contributed by atoms with Crippen LogP contribution in [0.4, 0.5) is 0 Å². The molecule has 0 N–H and O–H groups in total. The lowest BCUT2D eigenvalue weighted by molar-refractivity contribution is 0.00578. The highest BCUT2D eigenvalue weighted by molar-refractivity contribution is 6.62. The Morgan fingerprint density at radius 3 is 1.69 bits per heavy atom. The number of hydrogen-bond donors (Lipinski definition) is 0. The van der Waals surface area contributed by atoms with Crippen molar-refractivity contribution in [1.29, 1.82) is 0 Å². The molecule has 2 heterocycles. The third-order valence-electron chi connectivity index (χ3n) is 9.46. The first-order valence-electron chi connectivity index (χ1n) is 14.5. The Labute approximate surface area is 247 Å². The average molecular weight is 550 g/mol. The molecule has 3 aliphatic rings. The molecule has 0 amide bonds. The van der Waals surface area contributed by atoms with E-state index < -0.39 is 23.7 Å². The summed E-state index contributed by atoms with van der Waals surface area (Å²) in [6, 6.07) is 40.4. The molecule has 42 heavy (non-hydrogen) atoms. The molecule has 1 saturated heterocycles. The average Bonchev–Trinajstić information content (AvgIpc) is 3.41. The van der Waals surface area contributed by atoms with Crippen LogP contribution in [-0.4, -0.2) is 18.3 Å². The fourth-order valence-corrected chi connectivity index (χ4v) is 6.66. The van der Waals surface area contributed by atoms with Crippen LogP contribution in [0.2, 0.25) is 0 Å². The summed E-state index contributed by atoms with van der Waals surface area (Å²) in [5.41, 5.74) is 6.77. The number of hydrogen-bond acceptors (Lipinski definition) is 4. The van der Waals surface area contributed by atoms with E-state index in [1.165, 1.54) is 27.8 Å². The highest BCUT2D eigenvalue weighted by Gasteiger charge is 2.52. The van der Waals surface area contributed by atoms with Gasteiger partial charge in [-0.25, -0.2) is 0 Å². The Balaban J connectivity index is 1.27. The van der Waals surface area contributed by atoms with Gasteiger partial charge in [0.2, 0.25) is 0 Å². The molecule has 4 nitrogen and oxygen atoms in total. The zero-order valence-corrected chi connectivity index (χ0v) is 24.2. The lowest BCUT2D eigenvalue weighted by atomic mass is 9.67. The van der Waals surface area contributed by atoms with E-state index in [-0.39, 0.29) is 0 Å². The summed E-state index contributed by atoms with van der Waals surface area (Å²) in [5.74, 6) is 2.72. The molecular formula is C37H31BO4. The van der Waals surface area contributed by atoms with Crippen molar-refractivity contribution in [3.8, 4) is 34.1 Å². The van der Waals surface area contributed by atoms with Crippen LogP contribution in [0.5, 0.6) is 23.0 Å². The van der Waals surface area contributed by atoms with Crippen molar-refractivity contribution in [2.75, 3.05) is 0 Å². The molecule has 0 saturated carbocycles. The minimum Gasteiger partial charge on any atom is -0.450 e. The van der Waals surface area contributed by atoms with Crippen molar-refractivity contribution >= 4 is 12.6 Å². The van der Waals surface area contributed by atoms with Gasteiger partial charge in [0.1, 0.15) is 0 Å². The number of ether oxygens (including phenoxy) is 2. The smallest absolute Gasteiger partial charge is 0.450 e. The highest BCUT2D eigenvalue weighted by Crippen LogP contribution is 2.59. The molecular weight excluding hydrogens is 519 g/mol. The summed E-state index contributed by atoms with van der Waals surface area (Å²) < 4.78 is 25.7. The lowest BCUT2D eigenvalue weighted by Gasteiger charge is -2.34. The van der Waals surface area contributed by atoms with Gasteiger partial charge in [-0.15, -0.1) is 0 Å². The zero-order valence-electron chi connectivity index (χ0n) is 24.2. The van der Waals surface area contributed by atoms with E-state index in [1.807, 2.05) is 18.2 Å². The van der Waals surface area contributed by atoms with E-state index in [0.717, 1.165) is 11.0 Å². The van der Waals surface area contributed by atoms with Gasteiger partial charge in [0.15, 0.2) is 23.0 Å². The van der Waals surface area contributed by atoms with Crippen LogP contribution < -0.4 is 14.9 Å². The van der Waals surface area contributed by atoms with Gasteiger partial charge in [0.05, 0.1) is 16.6 Å². The second kappa shape index (κ2) is 8.84. The summed E-state index contributed by atoms with van der Waals surface area (Å²) in [4.78, 5) is 0. The maximum Gasteiger partial charge on any atom is 0.494 e. The zero-order chi connectivity index (χ0) is 28.7. The molecule has 5 heteroatoms. The summed E-state index contributed by atoms with van der Waals surface area (Å²) >= 11 is 0. The third-order valence-corrected chi connectivity index (χ3v) is 9.46. The van der Waals surface area contributed by atoms with Crippen molar-refractivity contribution in [2.45, 2.75) is 44.3 Å². The standard InChI is InChI=1S/C37H31BO4/c1-35(2)36(3,4)42-38(41-35)26-19-20-31-32(21-26)40-33-22-28-27-17-11-12-18-29(27)37(24-13-7-5-8-14-24,25-15-9-6-10-16-25)30(28)23-34(33)39-31/h5-23H,1-4H3. The van der Waals surface area contributed by atoms with Crippen LogP contribution in [0.3, 0.4) is 0 Å². The van der Waals surface area contributed by atoms with E-state index in [4.69, 9.17) is 18.8 Å². The van der Waals surface area contributed by atoms with Gasteiger partial charge in [-0.05, 0) is 90.8 Å². The minimum absolute atomic E-state index is 0.421. The first kappa shape index (κ1) is 25.4. The topological polar surface area (TPSA) is 36.9 Å². The van der Waals surface area contributed by atoms with E-state index in [9.17, 15) is 0 Å². The Hall–Kier alpha value is -4.32. The third kappa shape index (κ3) is 3.50. The summed E-state index contributed by atoms with van der Waals surface area (Å²) in [6.45, 7) is 8.24. The van der Waals surface area contributed by atoms with E-state index in [1.54, 1.807) is 0 Å². The van der Waals surface area contributed by atoms with Gasteiger partial charge in [0, 0.05) is 0 Å². The summed E-state index contributed by atoms with van der Waals surface area (Å²) in [6.07, 6.45) is 0. The fraction of sp³-hybridized carbons (Fsp3) is 0.189. The molecule has 0 unspecified atom stereocenters. The van der Waals surface area contributed by atoms with Gasteiger partial charge in [-0.3, -0.25) is 0 Å². The second-order valence-electron chi connectivity index (χ2n) is 12.4. The van der Waals surface area contributed by atoms with Gasteiger partial charge in [-0.2, -0.15) is 0 Å². The van der Waals surface area contributed by atoms with Crippen molar-refractivity contribution in [2.24, 2.45) is 0 Å². The maximum atomic E-state index is 6.57. The molecule has 8 rings (SSSR count). The predicted molar refractivity (Wildman–Crippen MR) is 166 cm³/mol. The maximum absolute atomic E-state index is 6.57. The lowest BCUT2D eigenvalue weighted by Crippen LogP contribution is -2.41. The molecule has 0 radical (unpaired) electrons. The fourth-order valence-electron chi connectivity index (χ4n) is 6.66. The molecule has 1 fully saturated rings. The first-order valence-corrected chi connectivity index (χ1v) is 14.5. The first-order chi connectivity index (χ1) is 20.3. The second-order valence-corrected chi connectivity index (χ2v) is 12.4. The Morgan fingerprint density at radius 1 is 0.476 bits per heavy atom. The molecule has 0 aromatic heterocycles. The van der Waals surface area contributed by atoms with Crippen molar-refractivity contribution < 1.29 is 18.8 Å². The van der Waals surface area contributed by atoms with Gasteiger partial charge >= 0.3 is 7.12 Å². The summed E-state index contributed by atoms with van der Waals surface area (Å²) in [5, 5.41) is 0. The van der Waals surface area contributed by atoms with Crippen LogP contribution in [-0.2, 0) is 14.7 Å². The van der Waals surface area contributed by atoms with Crippen molar-refractivity contribution in [1.82, 2.24) is 0 Å². The molecule has 5 aromatic carbocycles. The molecule has 206 valence electrons. The van der Waals surface area contributed by atoms with Crippen LogP contribution in [0.15, 0.2) is 115 Å². The number of benzene rings is 5. The normalized spacial score (nSPS) is 18.2. The summed E-state index contributed by atoms with van der Waals surface area (Å²) in [7, 11) is -0.477. The Kier molecular flexibility index (Phi) is 5.35. The van der Waals surface area contributed by atoms with Crippen LogP contribution in [0.1, 0.15) is 49.9 Å². The van der Waals surface area contributed by atoms with Gasteiger partial charge in [-0.1, -0.05) is 91.0 Å². The molecule has 0 atom stereocenters. The van der Waals surface area contributed by atoms with E-state index >= 15 is 0 Å². The van der Waals surface area contributed by atoms with Crippen LogP contribution >= 0.6 is 0 Å². The highest BCUT2D eigenvalue weighted by atomic mass is 16.7. The van der Waals surface area contributed by atoms with Gasteiger partial charge < -0.3 is 18.8 Å². The SMILES string of the molecule is CC1(C)OB(c2ccc3c(c2)Oc2cc4c(cc2O3)C(c2ccccc2)(c2ccccc2)c2ccccc2-4)OC1(C)C. The monoisotopic (exact) mass is 550 g/mol. The molecule has 2 aliphatic heterocycles. The Morgan fingerprint density at radius 2 is 1.02 bits per heavy atom. The molecule has 1 aliphatic carbocycles. The van der Waals surface area contributed by atoms with E-state index in [2.05, 4.69) is 125 Å². The number of fused-ring (bicyclic) bond motifs is 5. The minimum atomic E-state index is -0.492. The molecule has 0 spiro atoms. The van der Waals surface area contributed by atoms with Crippen LogP contribution in [0, 0.1) is 0 Å². The molecule has 0 bridgehead atoms. The van der Waals surface area contributed by atoms with E-state index in [0.29, 0.717) is 23.0 Å². The quantitative estimate of drug-likeness (QED) is 0.208. The Bertz CT molecular complexity index is 1790. The van der Waals surface area contributed by atoms with Crippen LogP contribution in [0.25, 0.3) is 11.1 Å². The molecule has 5 aromatic rings. The number of rotatable bonds is 3. The van der Waals surface area contributed by atoms with Gasteiger partial charge in [0.25, 0.3) is 0 Å². The van der Waals surface area contributed by atoms with Crippen molar-refractivity contribution in [3.05, 3.63) is 138 Å². The largest absolute Gasteiger partial charge is 0.494 e. The predicted octanol–water partition coefficient (Wildman–Crippen LogP) is 8.25. The van der Waals surface area contributed by atoms with Crippen molar-refractivity contribution in [3.63, 3.8) is 0 Å².